The predicted octanol–water partition coefficient (Wildman–Crippen LogP) is 3.30. The second-order valence-electron chi connectivity index (χ2n) is 9.27. The quantitative estimate of drug-likeness (QED) is 0.815. The molecule has 3 aliphatic rings. The lowest BCUT2D eigenvalue weighted by Gasteiger charge is -2.56. The maximum Gasteiger partial charge on any atom is 0.270 e. The Hall–Kier alpha value is -1.78. The van der Waals surface area contributed by atoms with E-state index in [1.807, 2.05) is 29.9 Å². The van der Waals surface area contributed by atoms with E-state index in [2.05, 4.69) is 23.6 Å². The van der Waals surface area contributed by atoms with E-state index in [4.69, 9.17) is 0 Å². The Morgan fingerprint density at radius 1 is 1.26 bits per heavy atom. The van der Waals surface area contributed by atoms with Gasteiger partial charge in [-0.25, -0.2) is 0 Å². The first-order valence-corrected chi connectivity index (χ1v) is 10.7. The van der Waals surface area contributed by atoms with Gasteiger partial charge in [-0.2, -0.15) is 0 Å². The van der Waals surface area contributed by atoms with E-state index in [1.54, 1.807) is 0 Å². The van der Waals surface area contributed by atoms with Crippen LogP contribution in [0, 0.1) is 17.8 Å². The third-order valence-corrected chi connectivity index (χ3v) is 6.99. The SMILES string of the molecule is CC(C)CC[C@H]1[C@H]2C[C@H](CN(C(=O)c3cccn3C)C2)[C@@H]2CCCC(=O)N21. The van der Waals surface area contributed by atoms with E-state index < -0.39 is 0 Å². The van der Waals surface area contributed by atoms with Gasteiger partial charge in [0.1, 0.15) is 5.69 Å². The Kier molecular flexibility index (Phi) is 5.04. The fraction of sp³-hybridized carbons (Fsp3) is 0.727. The highest BCUT2D eigenvalue weighted by molar-refractivity contribution is 5.93. The molecule has 0 spiro atoms. The zero-order valence-electron chi connectivity index (χ0n) is 16.9. The van der Waals surface area contributed by atoms with Gasteiger partial charge < -0.3 is 14.4 Å². The number of aryl methyl sites for hydroxylation is 1. The average molecular weight is 372 g/mol. The number of fused-ring (bicyclic) bond motifs is 4. The Labute approximate surface area is 162 Å². The number of likely N-dealkylation sites (tertiary alicyclic amines) is 1. The molecule has 5 heteroatoms. The van der Waals surface area contributed by atoms with E-state index in [1.165, 1.54) is 6.42 Å². The number of aromatic nitrogens is 1. The summed E-state index contributed by atoms with van der Waals surface area (Å²) in [6.07, 6.45) is 8.15. The van der Waals surface area contributed by atoms with E-state index in [-0.39, 0.29) is 5.91 Å². The molecule has 3 saturated heterocycles. The van der Waals surface area contributed by atoms with Crippen LogP contribution < -0.4 is 0 Å². The van der Waals surface area contributed by atoms with Crippen molar-refractivity contribution in [3.63, 3.8) is 0 Å². The van der Waals surface area contributed by atoms with Crippen molar-refractivity contribution in [2.24, 2.45) is 24.8 Å². The molecule has 0 N–H and O–H groups in total. The smallest absolute Gasteiger partial charge is 0.270 e. The van der Waals surface area contributed by atoms with Crippen molar-refractivity contribution < 1.29 is 9.59 Å². The minimum Gasteiger partial charge on any atom is -0.347 e. The van der Waals surface area contributed by atoms with Gasteiger partial charge in [-0.1, -0.05) is 13.8 Å². The van der Waals surface area contributed by atoms with Gasteiger partial charge in [0.05, 0.1) is 0 Å². The van der Waals surface area contributed by atoms with Gasteiger partial charge >= 0.3 is 0 Å². The monoisotopic (exact) mass is 371 g/mol. The summed E-state index contributed by atoms with van der Waals surface area (Å²) in [6, 6.07) is 4.50. The Morgan fingerprint density at radius 2 is 2.04 bits per heavy atom. The molecule has 0 radical (unpaired) electrons. The largest absolute Gasteiger partial charge is 0.347 e. The predicted molar refractivity (Wildman–Crippen MR) is 105 cm³/mol. The summed E-state index contributed by atoms with van der Waals surface area (Å²) in [5, 5.41) is 0. The van der Waals surface area contributed by atoms with E-state index >= 15 is 0 Å². The van der Waals surface area contributed by atoms with Gasteiger partial charge in [-0.15, -0.1) is 0 Å². The normalized spacial score (nSPS) is 30.6. The molecule has 3 fully saturated rings. The number of hydrogen-bond acceptors (Lipinski definition) is 2. The van der Waals surface area contributed by atoms with Gasteiger partial charge in [-0.3, -0.25) is 9.59 Å². The van der Waals surface area contributed by atoms with Crippen molar-refractivity contribution in [3.05, 3.63) is 24.0 Å². The van der Waals surface area contributed by atoms with Crippen molar-refractivity contribution in [1.29, 1.82) is 0 Å². The molecule has 4 heterocycles. The first kappa shape index (κ1) is 18.6. The van der Waals surface area contributed by atoms with Crippen LogP contribution in [0.2, 0.25) is 0 Å². The molecule has 1 aromatic rings. The summed E-state index contributed by atoms with van der Waals surface area (Å²) < 4.78 is 1.92. The molecule has 2 bridgehead atoms. The van der Waals surface area contributed by atoms with Crippen LogP contribution >= 0.6 is 0 Å². The minimum absolute atomic E-state index is 0.149. The summed E-state index contributed by atoms with van der Waals surface area (Å²) in [6.45, 7) is 6.10. The molecule has 2 amide bonds. The standard InChI is InChI=1S/C22H33N3O2/c1-15(2)9-10-19-17-12-16(18-6-4-8-21(26)25(18)19)13-24(14-17)22(27)20-7-5-11-23(20)3/h5,7,11,15-19H,4,6,8-10,12-14H2,1-3H3/t16-,17+,18+,19+/m1/s1. The lowest BCUT2D eigenvalue weighted by atomic mass is 9.70. The minimum atomic E-state index is 0.149. The first-order chi connectivity index (χ1) is 13.0. The number of nitrogens with zero attached hydrogens (tertiary/aromatic N) is 3. The van der Waals surface area contributed by atoms with Crippen LogP contribution in [0.5, 0.6) is 0 Å². The van der Waals surface area contributed by atoms with Crippen LogP contribution in [0.4, 0.5) is 0 Å². The fourth-order valence-electron chi connectivity index (χ4n) is 5.66. The maximum absolute atomic E-state index is 13.1. The Morgan fingerprint density at radius 3 is 2.74 bits per heavy atom. The van der Waals surface area contributed by atoms with Crippen molar-refractivity contribution in [2.45, 2.75) is 64.5 Å². The average Bonchev–Trinajstić information content (AvgIpc) is 3.07. The summed E-state index contributed by atoms with van der Waals surface area (Å²) in [4.78, 5) is 30.3. The van der Waals surface area contributed by atoms with Crippen LogP contribution in [0.15, 0.2) is 18.3 Å². The maximum atomic E-state index is 13.1. The number of carbonyl (C=O) groups is 2. The second-order valence-corrected chi connectivity index (χ2v) is 9.27. The van der Waals surface area contributed by atoms with E-state index in [9.17, 15) is 9.59 Å². The number of amides is 2. The summed E-state index contributed by atoms with van der Waals surface area (Å²) in [5.74, 6) is 2.01. The van der Waals surface area contributed by atoms with Crippen molar-refractivity contribution >= 4 is 11.8 Å². The Balaban J connectivity index is 1.59. The highest BCUT2D eigenvalue weighted by Gasteiger charge is 2.49. The molecule has 5 nitrogen and oxygen atoms in total. The van der Waals surface area contributed by atoms with E-state index in [0.717, 1.165) is 44.5 Å². The zero-order valence-corrected chi connectivity index (χ0v) is 16.9. The van der Waals surface area contributed by atoms with Gasteiger partial charge in [0.2, 0.25) is 5.91 Å². The summed E-state index contributed by atoms with van der Waals surface area (Å²) in [7, 11) is 1.94. The van der Waals surface area contributed by atoms with Crippen LogP contribution in [0.25, 0.3) is 0 Å². The molecular formula is C22H33N3O2. The second kappa shape index (κ2) is 7.33. The molecule has 4 rings (SSSR count). The molecule has 0 aliphatic carbocycles. The first-order valence-electron chi connectivity index (χ1n) is 10.7. The molecule has 4 atom stereocenters. The van der Waals surface area contributed by atoms with Crippen molar-refractivity contribution in [2.75, 3.05) is 13.1 Å². The lowest BCUT2D eigenvalue weighted by Crippen LogP contribution is -2.65. The molecule has 27 heavy (non-hydrogen) atoms. The molecule has 1 aromatic heterocycles. The van der Waals surface area contributed by atoms with Gasteiger partial charge in [0.25, 0.3) is 5.91 Å². The number of carbonyl (C=O) groups excluding carboxylic acids is 2. The highest BCUT2D eigenvalue weighted by Crippen LogP contribution is 2.43. The number of rotatable bonds is 4. The van der Waals surface area contributed by atoms with Crippen LogP contribution in [0.3, 0.4) is 0 Å². The molecule has 0 saturated carbocycles. The zero-order chi connectivity index (χ0) is 19.1. The molecule has 3 aliphatic heterocycles. The van der Waals surface area contributed by atoms with Crippen LogP contribution in [-0.2, 0) is 11.8 Å². The molecular weight excluding hydrogens is 338 g/mol. The van der Waals surface area contributed by atoms with E-state index in [0.29, 0.717) is 42.2 Å². The molecule has 0 aromatic carbocycles. The topological polar surface area (TPSA) is 45.6 Å². The van der Waals surface area contributed by atoms with Gasteiger partial charge in [-0.05, 0) is 62.0 Å². The van der Waals surface area contributed by atoms with Crippen molar-refractivity contribution in [1.82, 2.24) is 14.4 Å². The van der Waals surface area contributed by atoms with Crippen molar-refractivity contribution in [3.8, 4) is 0 Å². The fourth-order valence-corrected chi connectivity index (χ4v) is 5.66. The summed E-state index contributed by atoms with van der Waals surface area (Å²) in [5.41, 5.74) is 0.769. The molecule has 148 valence electrons. The van der Waals surface area contributed by atoms with Crippen LogP contribution in [-0.4, -0.2) is 51.4 Å². The molecule has 0 unspecified atom stereocenters. The Bertz CT molecular complexity index is 710. The third kappa shape index (κ3) is 3.41. The number of hydrogen-bond donors (Lipinski definition) is 0. The van der Waals surface area contributed by atoms with Gasteiger partial charge in [0, 0.05) is 44.8 Å². The third-order valence-electron chi connectivity index (χ3n) is 6.99. The number of piperidine rings is 3. The van der Waals surface area contributed by atoms with Crippen LogP contribution in [0.1, 0.15) is 62.9 Å². The van der Waals surface area contributed by atoms with Gasteiger partial charge in [0.15, 0.2) is 0 Å². The summed E-state index contributed by atoms with van der Waals surface area (Å²) >= 11 is 0. The lowest BCUT2D eigenvalue weighted by molar-refractivity contribution is -0.152. The highest BCUT2D eigenvalue weighted by atomic mass is 16.2.